The molecule has 0 bridgehead atoms. The molecule has 0 aromatic heterocycles. The fourth-order valence-electron chi connectivity index (χ4n) is 3.89. The van der Waals surface area contributed by atoms with Crippen LogP contribution in [0.2, 0.25) is 0 Å². The summed E-state index contributed by atoms with van der Waals surface area (Å²) >= 11 is 0. The van der Waals surface area contributed by atoms with E-state index in [1.807, 2.05) is 0 Å². The summed E-state index contributed by atoms with van der Waals surface area (Å²) < 4.78 is 11.2. The Balaban J connectivity index is 1.60. The van der Waals surface area contributed by atoms with Gasteiger partial charge in [0.2, 0.25) is 0 Å². The quantitative estimate of drug-likeness (QED) is 0.406. The fraction of sp³-hybridized carbons (Fsp3) is 0.739. The van der Waals surface area contributed by atoms with Crippen molar-refractivity contribution < 1.29 is 9.47 Å². The fourth-order valence-corrected chi connectivity index (χ4v) is 3.89. The normalized spacial score (nSPS) is 20.6. The predicted octanol–water partition coefficient (Wildman–Crippen LogP) is 6.42. The molecule has 1 aromatic rings. The Labute approximate surface area is 155 Å². The third kappa shape index (κ3) is 8.27. The van der Waals surface area contributed by atoms with E-state index in [1.165, 1.54) is 63.4 Å². The van der Waals surface area contributed by atoms with E-state index >= 15 is 0 Å². The van der Waals surface area contributed by atoms with Gasteiger partial charge in [0.1, 0.15) is 12.4 Å². The van der Waals surface area contributed by atoms with Gasteiger partial charge >= 0.3 is 0 Å². The van der Waals surface area contributed by atoms with E-state index in [4.69, 9.17) is 9.47 Å². The molecule has 0 amide bonds. The molecule has 0 saturated heterocycles. The van der Waals surface area contributed by atoms with E-state index < -0.39 is 0 Å². The molecule has 1 saturated carbocycles. The minimum Gasteiger partial charge on any atom is -0.491 e. The second-order valence-electron chi connectivity index (χ2n) is 7.67. The summed E-state index contributed by atoms with van der Waals surface area (Å²) in [5.74, 6) is 2.93. The van der Waals surface area contributed by atoms with Gasteiger partial charge in [-0.2, -0.15) is 0 Å². The maximum atomic E-state index is 5.72. The predicted molar refractivity (Wildman–Crippen MR) is 106 cm³/mol. The maximum absolute atomic E-state index is 5.72. The molecule has 0 unspecified atom stereocenters. The molecule has 2 rings (SSSR count). The van der Waals surface area contributed by atoms with Crippen LogP contribution in [0, 0.1) is 11.8 Å². The van der Waals surface area contributed by atoms with Crippen molar-refractivity contribution in [3.63, 3.8) is 0 Å². The molecule has 25 heavy (non-hydrogen) atoms. The van der Waals surface area contributed by atoms with E-state index in [0.717, 1.165) is 30.6 Å². The first-order chi connectivity index (χ1) is 12.3. The number of hydrogen-bond acceptors (Lipinski definition) is 2. The van der Waals surface area contributed by atoms with Crippen molar-refractivity contribution in [2.24, 2.45) is 11.8 Å². The second-order valence-corrected chi connectivity index (χ2v) is 7.67. The lowest BCUT2D eigenvalue weighted by Gasteiger charge is -2.28. The third-order valence-electron chi connectivity index (χ3n) is 5.54. The SMILES string of the molecule is CCCCC1CCC(CCc2ccc(OCCOCCC)cc2)CC1. The van der Waals surface area contributed by atoms with Gasteiger partial charge in [-0.15, -0.1) is 0 Å². The van der Waals surface area contributed by atoms with Gasteiger partial charge in [-0.1, -0.05) is 70.9 Å². The number of benzene rings is 1. The summed E-state index contributed by atoms with van der Waals surface area (Å²) in [6.07, 6.45) is 13.7. The molecule has 1 aliphatic rings. The number of aryl methyl sites for hydroxylation is 1. The highest BCUT2D eigenvalue weighted by Crippen LogP contribution is 2.34. The van der Waals surface area contributed by atoms with Gasteiger partial charge in [-0.3, -0.25) is 0 Å². The van der Waals surface area contributed by atoms with Crippen LogP contribution >= 0.6 is 0 Å². The highest BCUT2D eigenvalue weighted by Gasteiger charge is 2.20. The number of rotatable bonds is 12. The summed E-state index contributed by atoms with van der Waals surface area (Å²) in [4.78, 5) is 0. The first kappa shape index (κ1) is 20.3. The van der Waals surface area contributed by atoms with E-state index in [-0.39, 0.29) is 0 Å². The van der Waals surface area contributed by atoms with Crippen molar-refractivity contribution >= 4 is 0 Å². The largest absolute Gasteiger partial charge is 0.491 e. The van der Waals surface area contributed by atoms with Crippen molar-refractivity contribution in [3.05, 3.63) is 29.8 Å². The molecule has 1 aromatic carbocycles. The Hall–Kier alpha value is -1.02. The number of ether oxygens (including phenoxy) is 2. The molecule has 0 aliphatic heterocycles. The average Bonchev–Trinajstić information content (AvgIpc) is 2.66. The highest BCUT2D eigenvalue weighted by atomic mass is 16.5. The van der Waals surface area contributed by atoms with Crippen molar-refractivity contribution in [1.82, 2.24) is 0 Å². The van der Waals surface area contributed by atoms with Gasteiger partial charge in [0.15, 0.2) is 0 Å². The summed E-state index contributed by atoms with van der Waals surface area (Å²) in [5.41, 5.74) is 1.45. The molecule has 142 valence electrons. The molecule has 0 atom stereocenters. The van der Waals surface area contributed by atoms with Crippen LogP contribution in [-0.4, -0.2) is 19.8 Å². The standard InChI is InChI=1S/C23H38O2/c1-3-5-6-20-7-9-21(10-8-20)11-12-22-13-15-23(16-14-22)25-19-18-24-17-4-2/h13-16,20-21H,3-12,17-19H2,1-2H3. The Morgan fingerprint density at radius 1 is 0.800 bits per heavy atom. The molecule has 1 fully saturated rings. The third-order valence-corrected chi connectivity index (χ3v) is 5.54. The zero-order valence-electron chi connectivity index (χ0n) is 16.5. The monoisotopic (exact) mass is 346 g/mol. The van der Waals surface area contributed by atoms with Crippen LogP contribution in [0.3, 0.4) is 0 Å². The Kier molecular flexibility index (Phi) is 10.0. The lowest BCUT2D eigenvalue weighted by atomic mass is 9.78. The average molecular weight is 347 g/mol. The zero-order valence-corrected chi connectivity index (χ0v) is 16.5. The maximum Gasteiger partial charge on any atom is 0.119 e. The van der Waals surface area contributed by atoms with Crippen LogP contribution in [-0.2, 0) is 11.2 Å². The Bertz CT molecular complexity index is 432. The van der Waals surface area contributed by atoms with Crippen molar-refractivity contribution in [1.29, 1.82) is 0 Å². The van der Waals surface area contributed by atoms with E-state index in [2.05, 4.69) is 38.1 Å². The summed E-state index contributed by atoms with van der Waals surface area (Å²) in [5, 5.41) is 0. The van der Waals surface area contributed by atoms with Crippen LogP contribution in [0.5, 0.6) is 5.75 Å². The van der Waals surface area contributed by atoms with Crippen molar-refractivity contribution in [3.8, 4) is 5.75 Å². The van der Waals surface area contributed by atoms with Gasteiger partial charge in [0.05, 0.1) is 6.61 Å². The first-order valence-electron chi connectivity index (χ1n) is 10.6. The molecule has 2 heteroatoms. The van der Waals surface area contributed by atoms with Crippen LogP contribution in [0.1, 0.15) is 77.2 Å². The van der Waals surface area contributed by atoms with E-state index in [1.54, 1.807) is 0 Å². The Morgan fingerprint density at radius 2 is 1.48 bits per heavy atom. The lowest BCUT2D eigenvalue weighted by molar-refractivity contribution is 0.101. The van der Waals surface area contributed by atoms with E-state index in [0.29, 0.717) is 13.2 Å². The molecule has 0 spiro atoms. The van der Waals surface area contributed by atoms with Gasteiger partial charge in [-0.25, -0.2) is 0 Å². The van der Waals surface area contributed by atoms with Crippen LogP contribution in [0.4, 0.5) is 0 Å². The van der Waals surface area contributed by atoms with Crippen LogP contribution in [0.25, 0.3) is 0 Å². The molecular formula is C23H38O2. The van der Waals surface area contributed by atoms with Crippen LogP contribution in [0.15, 0.2) is 24.3 Å². The lowest BCUT2D eigenvalue weighted by Crippen LogP contribution is -2.15. The Morgan fingerprint density at radius 3 is 2.12 bits per heavy atom. The highest BCUT2D eigenvalue weighted by molar-refractivity contribution is 5.27. The van der Waals surface area contributed by atoms with Crippen molar-refractivity contribution in [2.45, 2.75) is 78.1 Å². The van der Waals surface area contributed by atoms with Gasteiger partial charge in [0, 0.05) is 6.61 Å². The molecule has 0 N–H and O–H groups in total. The smallest absolute Gasteiger partial charge is 0.119 e. The van der Waals surface area contributed by atoms with Gasteiger partial charge in [0.25, 0.3) is 0 Å². The molecule has 0 heterocycles. The zero-order chi connectivity index (χ0) is 17.7. The number of unbranched alkanes of at least 4 members (excludes halogenated alkanes) is 1. The molecule has 0 radical (unpaired) electrons. The summed E-state index contributed by atoms with van der Waals surface area (Å²) in [6.45, 7) is 6.57. The summed E-state index contributed by atoms with van der Waals surface area (Å²) in [6, 6.07) is 8.68. The number of hydrogen-bond donors (Lipinski definition) is 0. The van der Waals surface area contributed by atoms with Crippen LogP contribution < -0.4 is 4.74 Å². The minimum atomic E-state index is 0.640. The topological polar surface area (TPSA) is 18.5 Å². The molecule has 1 aliphatic carbocycles. The van der Waals surface area contributed by atoms with Gasteiger partial charge < -0.3 is 9.47 Å². The molecular weight excluding hydrogens is 308 g/mol. The molecule has 2 nitrogen and oxygen atoms in total. The van der Waals surface area contributed by atoms with Crippen molar-refractivity contribution in [2.75, 3.05) is 19.8 Å². The summed E-state index contributed by atoms with van der Waals surface area (Å²) in [7, 11) is 0. The minimum absolute atomic E-state index is 0.640. The van der Waals surface area contributed by atoms with Gasteiger partial charge in [-0.05, 0) is 48.8 Å². The van der Waals surface area contributed by atoms with E-state index in [9.17, 15) is 0 Å². The first-order valence-corrected chi connectivity index (χ1v) is 10.6. The second kappa shape index (κ2) is 12.4.